The van der Waals surface area contributed by atoms with Crippen LogP contribution in [0.3, 0.4) is 0 Å². The lowest BCUT2D eigenvalue weighted by molar-refractivity contribution is -0.172. The summed E-state index contributed by atoms with van der Waals surface area (Å²) in [6, 6.07) is 0. The van der Waals surface area contributed by atoms with Gasteiger partial charge in [0.15, 0.2) is 0 Å². The van der Waals surface area contributed by atoms with Crippen LogP contribution in [0.5, 0.6) is 0 Å². The molecule has 1 N–H and O–H groups in total. The van der Waals surface area contributed by atoms with Gasteiger partial charge in [-0.2, -0.15) is 0 Å². The Morgan fingerprint density at radius 2 is 1.71 bits per heavy atom. The first-order chi connectivity index (χ1) is 11.6. The minimum atomic E-state index is -0.764. The Morgan fingerprint density at radius 1 is 1.00 bits per heavy atom. The van der Waals surface area contributed by atoms with E-state index in [4.69, 9.17) is 4.74 Å². The molecule has 2 fully saturated rings. The van der Waals surface area contributed by atoms with E-state index in [0.29, 0.717) is 12.8 Å². The Balaban J connectivity index is 1.92. The molecule has 0 aromatic rings. The molecular formula is C20H34O4. The van der Waals surface area contributed by atoms with Crippen molar-refractivity contribution in [2.45, 2.75) is 102 Å². The molecule has 138 valence electrons. The summed E-state index contributed by atoms with van der Waals surface area (Å²) in [4.78, 5) is 23.9. The summed E-state index contributed by atoms with van der Waals surface area (Å²) in [5.41, 5.74) is -0.265. The molecule has 0 spiro atoms. The molecule has 0 aromatic carbocycles. The van der Waals surface area contributed by atoms with Gasteiger partial charge in [-0.1, -0.05) is 39.0 Å². The minimum absolute atomic E-state index is 0.127. The summed E-state index contributed by atoms with van der Waals surface area (Å²) in [6.07, 6.45) is 14.0. The van der Waals surface area contributed by atoms with Gasteiger partial charge in [0.1, 0.15) is 5.60 Å². The highest BCUT2D eigenvalue weighted by atomic mass is 16.6. The fraction of sp³-hybridized carbons (Fsp3) is 0.900. The number of carboxylic acid groups (broad SMARTS) is 1. The molecule has 0 aliphatic heterocycles. The van der Waals surface area contributed by atoms with Crippen LogP contribution in [0.2, 0.25) is 0 Å². The van der Waals surface area contributed by atoms with Gasteiger partial charge >= 0.3 is 11.9 Å². The molecule has 2 aliphatic rings. The molecule has 0 radical (unpaired) electrons. The number of rotatable bonds is 8. The number of ether oxygens (including phenoxy) is 1. The average molecular weight is 338 g/mol. The van der Waals surface area contributed by atoms with Crippen molar-refractivity contribution in [2.75, 3.05) is 0 Å². The van der Waals surface area contributed by atoms with E-state index >= 15 is 0 Å². The van der Waals surface area contributed by atoms with Gasteiger partial charge in [-0.25, -0.2) is 0 Å². The minimum Gasteiger partial charge on any atom is -0.481 e. The smallest absolute Gasteiger partial charge is 0.309 e. The molecule has 4 heteroatoms. The number of esters is 1. The van der Waals surface area contributed by atoms with Crippen LogP contribution >= 0.6 is 0 Å². The van der Waals surface area contributed by atoms with E-state index in [0.717, 1.165) is 51.4 Å². The molecule has 4 nitrogen and oxygen atoms in total. The van der Waals surface area contributed by atoms with Gasteiger partial charge in [0, 0.05) is 0 Å². The van der Waals surface area contributed by atoms with E-state index in [1.807, 2.05) is 0 Å². The maximum Gasteiger partial charge on any atom is 0.309 e. The molecule has 0 aromatic heterocycles. The molecule has 0 amide bonds. The summed E-state index contributed by atoms with van der Waals surface area (Å²) in [5.74, 6) is -1.48. The molecule has 0 saturated heterocycles. The third kappa shape index (κ3) is 5.49. The fourth-order valence-electron chi connectivity index (χ4n) is 4.40. The molecule has 0 heterocycles. The van der Waals surface area contributed by atoms with Crippen molar-refractivity contribution in [3.63, 3.8) is 0 Å². The highest BCUT2D eigenvalue weighted by Crippen LogP contribution is 2.38. The molecule has 0 bridgehead atoms. The van der Waals surface area contributed by atoms with E-state index in [-0.39, 0.29) is 23.4 Å². The standard InChI is InChI=1S/C20H34O4/c1-2-3-4-6-12-20(13-7-5-8-14-20)24-19(23)17-11-9-10-16(15-17)18(21)22/h16-17H,2-15H2,1H3,(H,21,22). The lowest BCUT2D eigenvalue weighted by Gasteiger charge is -2.38. The van der Waals surface area contributed by atoms with Crippen LogP contribution < -0.4 is 0 Å². The molecule has 2 aliphatic carbocycles. The Morgan fingerprint density at radius 3 is 2.38 bits per heavy atom. The van der Waals surface area contributed by atoms with E-state index in [2.05, 4.69) is 6.92 Å². The zero-order valence-electron chi connectivity index (χ0n) is 15.2. The van der Waals surface area contributed by atoms with Crippen LogP contribution in [-0.2, 0) is 14.3 Å². The lowest BCUT2D eigenvalue weighted by atomic mass is 9.79. The number of aliphatic carboxylic acids is 1. The summed E-state index contributed by atoms with van der Waals surface area (Å²) in [6.45, 7) is 2.21. The quantitative estimate of drug-likeness (QED) is 0.494. The average Bonchev–Trinajstić information content (AvgIpc) is 2.60. The summed E-state index contributed by atoms with van der Waals surface area (Å²) >= 11 is 0. The molecule has 2 atom stereocenters. The van der Waals surface area contributed by atoms with Gasteiger partial charge < -0.3 is 9.84 Å². The van der Waals surface area contributed by atoms with Crippen molar-refractivity contribution in [3.05, 3.63) is 0 Å². The monoisotopic (exact) mass is 338 g/mol. The van der Waals surface area contributed by atoms with Crippen molar-refractivity contribution >= 4 is 11.9 Å². The second kappa shape index (κ2) is 9.43. The van der Waals surface area contributed by atoms with Crippen molar-refractivity contribution in [2.24, 2.45) is 11.8 Å². The summed E-state index contributed by atoms with van der Waals surface area (Å²) < 4.78 is 6.09. The van der Waals surface area contributed by atoms with Crippen LogP contribution in [0, 0.1) is 11.8 Å². The predicted octanol–water partition coefficient (Wildman–Crippen LogP) is 5.09. The van der Waals surface area contributed by atoms with Gasteiger partial charge in [-0.05, 0) is 57.8 Å². The highest BCUT2D eigenvalue weighted by molar-refractivity contribution is 5.76. The van der Waals surface area contributed by atoms with Crippen LogP contribution in [0.4, 0.5) is 0 Å². The number of carbonyl (C=O) groups is 2. The number of carbonyl (C=O) groups excluding carboxylic acids is 1. The maximum absolute atomic E-state index is 12.7. The van der Waals surface area contributed by atoms with E-state index < -0.39 is 5.97 Å². The van der Waals surface area contributed by atoms with Crippen LogP contribution in [0.15, 0.2) is 0 Å². The third-order valence-electron chi connectivity index (χ3n) is 5.92. The van der Waals surface area contributed by atoms with Crippen LogP contribution in [0.1, 0.15) is 96.8 Å². The second-order valence-electron chi connectivity index (χ2n) is 7.87. The SMILES string of the molecule is CCCCCCC1(OC(=O)C2CCCC(C(=O)O)C2)CCCCC1. The lowest BCUT2D eigenvalue weighted by Crippen LogP contribution is -2.40. The maximum atomic E-state index is 12.7. The first kappa shape index (κ1) is 19.3. The Hall–Kier alpha value is -1.06. The molecule has 2 rings (SSSR count). The number of unbranched alkanes of at least 4 members (excludes halogenated alkanes) is 3. The third-order valence-corrected chi connectivity index (χ3v) is 5.92. The number of carboxylic acids is 1. The number of hydrogen-bond acceptors (Lipinski definition) is 3. The zero-order chi connectivity index (χ0) is 17.4. The van der Waals surface area contributed by atoms with Gasteiger partial charge in [-0.15, -0.1) is 0 Å². The largest absolute Gasteiger partial charge is 0.481 e. The highest BCUT2D eigenvalue weighted by Gasteiger charge is 2.39. The van der Waals surface area contributed by atoms with E-state index in [1.54, 1.807) is 0 Å². The molecular weight excluding hydrogens is 304 g/mol. The van der Waals surface area contributed by atoms with E-state index in [1.165, 1.54) is 25.7 Å². The van der Waals surface area contributed by atoms with Crippen molar-refractivity contribution in [3.8, 4) is 0 Å². The predicted molar refractivity (Wildman–Crippen MR) is 93.8 cm³/mol. The van der Waals surface area contributed by atoms with E-state index in [9.17, 15) is 14.7 Å². The van der Waals surface area contributed by atoms with Crippen LogP contribution in [0.25, 0.3) is 0 Å². The number of hydrogen-bond donors (Lipinski definition) is 1. The van der Waals surface area contributed by atoms with Gasteiger partial charge in [-0.3, -0.25) is 9.59 Å². The van der Waals surface area contributed by atoms with Crippen LogP contribution in [-0.4, -0.2) is 22.6 Å². The van der Waals surface area contributed by atoms with Crippen molar-refractivity contribution in [1.29, 1.82) is 0 Å². The van der Waals surface area contributed by atoms with Gasteiger partial charge in [0.25, 0.3) is 0 Å². The molecule has 2 saturated carbocycles. The van der Waals surface area contributed by atoms with Gasteiger partial charge in [0.05, 0.1) is 11.8 Å². The summed E-state index contributed by atoms with van der Waals surface area (Å²) in [5, 5.41) is 9.22. The van der Waals surface area contributed by atoms with Crippen molar-refractivity contribution in [1.82, 2.24) is 0 Å². The molecule has 2 unspecified atom stereocenters. The second-order valence-corrected chi connectivity index (χ2v) is 7.87. The Labute approximate surface area is 146 Å². The topological polar surface area (TPSA) is 63.6 Å². The summed E-state index contributed by atoms with van der Waals surface area (Å²) in [7, 11) is 0. The first-order valence-corrected chi connectivity index (χ1v) is 10.0. The Kier molecular flexibility index (Phi) is 7.57. The van der Waals surface area contributed by atoms with Gasteiger partial charge in [0.2, 0.25) is 0 Å². The normalized spacial score (nSPS) is 26.7. The van der Waals surface area contributed by atoms with Crippen molar-refractivity contribution < 1.29 is 19.4 Å². The Bertz CT molecular complexity index is 412. The molecule has 24 heavy (non-hydrogen) atoms. The fourth-order valence-corrected chi connectivity index (χ4v) is 4.40. The zero-order valence-corrected chi connectivity index (χ0v) is 15.2. The first-order valence-electron chi connectivity index (χ1n) is 10.0.